The van der Waals surface area contributed by atoms with Crippen molar-refractivity contribution in [1.29, 1.82) is 0 Å². The number of hydrogen-bond donors (Lipinski definition) is 1. The van der Waals surface area contributed by atoms with Crippen LogP contribution in [0.4, 0.5) is 5.69 Å². The number of carbonyl (C=O) groups excluding carboxylic acids is 2. The molecule has 8 heteroatoms. The maximum absolute atomic E-state index is 12.6. The second-order valence-electron chi connectivity index (χ2n) is 5.15. The van der Waals surface area contributed by atoms with Crippen LogP contribution >= 0.6 is 46.6 Å². The second-order valence-corrected chi connectivity index (χ2v) is 7.25. The van der Waals surface area contributed by atoms with Gasteiger partial charge in [0.15, 0.2) is 0 Å². The molecule has 0 atom stereocenters. The first-order chi connectivity index (χ1) is 11.8. The molecule has 2 aromatic carbocycles. The number of para-hydroxylation sites is 1. The quantitative estimate of drug-likeness (QED) is 0.690. The molecule has 2 amide bonds. The Morgan fingerprint density at radius 3 is 2.32 bits per heavy atom. The Labute approximate surface area is 165 Å². The van der Waals surface area contributed by atoms with Crippen molar-refractivity contribution >= 4 is 64.1 Å². The minimum atomic E-state index is -0.414. The molecule has 0 aliphatic rings. The van der Waals surface area contributed by atoms with Gasteiger partial charge >= 0.3 is 0 Å². The van der Waals surface area contributed by atoms with E-state index in [2.05, 4.69) is 5.32 Å². The fourth-order valence-electron chi connectivity index (χ4n) is 2.08. The number of nitrogens with zero attached hydrogens (tertiary/aromatic N) is 1. The lowest BCUT2D eigenvalue weighted by molar-refractivity contribution is -0.116. The van der Waals surface area contributed by atoms with Gasteiger partial charge in [-0.2, -0.15) is 0 Å². The number of carbonyl (C=O) groups is 2. The molecular weight excluding hydrogens is 403 g/mol. The Morgan fingerprint density at radius 1 is 1.08 bits per heavy atom. The van der Waals surface area contributed by atoms with Gasteiger partial charge in [-0.15, -0.1) is 11.8 Å². The highest BCUT2D eigenvalue weighted by Gasteiger charge is 2.19. The number of halogens is 3. The van der Waals surface area contributed by atoms with E-state index in [1.807, 2.05) is 12.3 Å². The molecule has 2 rings (SSSR count). The topological polar surface area (TPSA) is 49.4 Å². The van der Waals surface area contributed by atoms with Gasteiger partial charge in [-0.3, -0.25) is 9.59 Å². The highest BCUT2D eigenvalue weighted by molar-refractivity contribution is 7.98. The molecule has 0 aliphatic carbocycles. The number of benzene rings is 2. The number of amides is 2. The van der Waals surface area contributed by atoms with Gasteiger partial charge in [0.1, 0.15) is 0 Å². The molecule has 0 bridgehead atoms. The monoisotopic (exact) mass is 416 g/mol. The number of thioether (sulfide) groups is 1. The second kappa shape index (κ2) is 8.81. The van der Waals surface area contributed by atoms with Gasteiger partial charge in [0, 0.05) is 11.9 Å². The van der Waals surface area contributed by atoms with Gasteiger partial charge in [0.05, 0.1) is 32.9 Å². The maximum Gasteiger partial charge on any atom is 0.255 e. The number of nitrogens with one attached hydrogen (secondary N) is 1. The summed E-state index contributed by atoms with van der Waals surface area (Å²) < 4.78 is 0. The summed E-state index contributed by atoms with van der Waals surface area (Å²) in [6, 6.07) is 10.1. The average Bonchev–Trinajstić information content (AvgIpc) is 2.58. The lowest BCUT2D eigenvalue weighted by atomic mass is 10.2. The Bertz CT molecular complexity index is 794. The number of rotatable bonds is 5. The standard InChI is InChI=1S/C17H15Cl3N2O2S/c1-22(17(24)11-8-10(25-2)6-7-12(11)18)9-15(23)21-16-13(19)4-3-5-14(16)20/h3-8H,9H2,1-2H3,(H,21,23). The first-order valence-electron chi connectivity index (χ1n) is 7.16. The Kier molecular flexibility index (Phi) is 7.02. The van der Waals surface area contributed by atoms with Gasteiger partial charge in [0.2, 0.25) is 5.91 Å². The first-order valence-corrected chi connectivity index (χ1v) is 9.52. The fourth-order valence-corrected chi connectivity index (χ4v) is 3.21. The van der Waals surface area contributed by atoms with Crippen molar-refractivity contribution in [2.24, 2.45) is 0 Å². The number of likely N-dealkylation sites (N-methyl/N-ethyl adjacent to an activating group) is 1. The first kappa shape index (κ1) is 19.9. The van der Waals surface area contributed by atoms with Crippen molar-refractivity contribution in [1.82, 2.24) is 4.90 Å². The molecule has 0 saturated heterocycles. The van der Waals surface area contributed by atoms with Crippen LogP contribution in [0.1, 0.15) is 10.4 Å². The normalized spacial score (nSPS) is 10.4. The third-order valence-corrected chi connectivity index (χ3v) is 5.04. The van der Waals surface area contributed by atoms with E-state index in [4.69, 9.17) is 34.8 Å². The Morgan fingerprint density at radius 2 is 1.72 bits per heavy atom. The fraction of sp³-hybridized carbons (Fsp3) is 0.176. The lowest BCUT2D eigenvalue weighted by Gasteiger charge is -2.18. The van der Waals surface area contributed by atoms with E-state index in [9.17, 15) is 9.59 Å². The molecule has 1 N–H and O–H groups in total. The molecule has 0 spiro atoms. The molecular formula is C17H15Cl3N2O2S. The Balaban J connectivity index is 2.10. The summed E-state index contributed by atoms with van der Waals surface area (Å²) in [5.74, 6) is -0.760. The van der Waals surface area contributed by atoms with E-state index in [1.54, 1.807) is 30.3 Å². The molecule has 25 heavy (non-hydrogen) atoms. The van der Waals surface area contributed by atoms with Crippen LogP contribution in [0.25, 0.3) is 0 Å². The molecule has 2 aromatic rings. The number of hydrogen-bond acceptors (Lipinski definition) is 3. The maximum atomic E-state index is 12.6. The molecule has 0 saturated carbocycles. The molecule has 0 heterocycles. The van der Waals surface area contributed by atoms with Crippen molar-refractivity contribution < 1.29 is 9.59 Å². The third-order valence-electron chi connectivity index (χ3n) is 3.36. The van der Waals surface area contributed by atoms with Crippen molar-refractivity contribution in [2.45, 2.75) is 4.90 Å². The predicted octanol–water partition coefficient (Wildman–Crippen LogP) is 5.08. The van der Waals surface area contributed by atoms with E-state index < -0.39 is 5.91 Å². The van der Waals surface area contributed by atoms with Crippen LogP contribution in [-0.2, 0) is 4.79 Å². The van der Waals surface area contributed by atoms with Crippen molar-refractivity contribution in [3.8, 4) is 0 Å². The largest absolute Gasteiger partial charge is 0.332 e. The van der Waals surface area contributed by atoms with Crippen LogP contribution in [0, 0.1) is 0 Å². The minimum absolute atomic E-state index is 0.166. The minimum Gasteiger partial charge on any atom is -0.332 e. The molecule has 0 aliphatic heterocycles. The zero-order valence-electron chi connectivity index (χ0n) is 13.5. The molecule has 132 valence electrons. The smallest absolute Gasteiger partial charge is 0.255 e. The highest BCUT2D eigenvalue weighted by Crippen LogP contribution is 2.29. The summed E-state index contributed by atoms with van der Waals surface area (Å²) in [6.45, 7) is -0.166. The predicted molar refractivity (Wildman–Crippen MR) is 105 cm³/mol. The van der Waals surface area contributed by atoms with Gasteiger partial charge in [-0.1, -0.05) is 40.9 Å². The summed E-state index contributed by atoms with van der Waals surface area (Å²) >= 11 is 19.7. The average molecular weight is 418 g/mol. The van der Waals surface area contributed by atoms with Gasteiger partial charge in [0.25, 0.3) is 5.91 Å². The van der Waals surface area contributed by atoms with Crippen LogP contribution in [0.2, 0.25) is 15.1 Å². The van der Waals surface area contributed by atoms with Crippen molar-refractivity contribution in [3.63, 3.8) is 0 Å². The summed E-state index contributed by atoms with van der Waals surface area (Å²) in [7, 11) is 1.53. The van der Waals surface area contributed by atoms with Gasteiger partial charge < -0.3 is 10.2 Å². The summed E-state index contributed by atoms with van der Waals surface area (Å²) in [5.41, 5.74) is 0.665. The van der Waals surface area contributed by atoms with E-state index in [0.717, 1.165) is 4.90 Å². The van der Waals surface area contributed by atoms with Crippen LogP contribution in [0.5, 0.6) is 0 Å². The zero-order valence-corrected chi connectivity index (χ0v) is 16.6. The Hall–Kier alpha value is -1.40. The van der Waals surface area contributed by atoms with Crippen LogP contribution < -0.4 is 5.32 Å². The highest BCUT2D eigenvalue weighted by atomic mass is 35.5. The van der Waals surface area contributed by atoms with Crippen LogP contribution in [0.15, 0.2) is 41.3 Å². The summed E-state index contributed by atoms with van der Waals surface area (Å²) in [4.78, 5) is 27.0. The van der Waals surface area contributed by atoms with E-state index in [0.29, 0.717) is 26.3 Å². The SMILES string of the molecule is CSc1ccc(Cl)c(C(=O)N(C)CC(=O)Nc2c(Cl)cccc2Cl)c1. The molecule has 0 aromatic heterocycles. The molecule has 0 unspecified atom stereocenters. The number of anilines is 1. The van der Waals surface area contributed by atoms with E-state index in [-0.39, 0.29) is 12.5 Å². The van der Waals surface area contributed by atoms with Crippen molar-refractivity contribution in [2.75, 3.05) is 25.2 Å². The molecule has 0 fully saturated rings. The summed E-state index contributed by atoms with van der Waals surface area (Å²) in [5, 5.41) is 3.61. The summed E-state index contributed by atoms with van der Waals surface area (Å²) in [6.07, 6.45) is 1.90. The van der Waals surface area contributed by atoms with Gasteiger partial charge in [-0.25, -0.2) is 0 Å². The third kappa shape index (κ3) is 5.05. The van der Waals surface area contributed by atoms with E-state index in [1.165, 1.54) is 23.7 Å². The van der Waals surface area contributed by atoms with Crippen LogP contribution in [-0.4, -0.2) is 36.6 Å². The zero-order chi connectivity index (χ0) is 18.6. The lowest BCUT2D eigenvalue weighted by Crippen LogP contribution is -2.35. The van der Waals surface area contributed by atoms with Crippen LogP contribution in [0.3, 0.4) is 0 Å². The van der Waals surface area contributed by atoms with Crippen molar-refractivity contribution in [3.05, 3.63) is 57.0 Å². The molecule has 4 nitrogen and oxygen atoms in total. The van der Waals surface area contributed by atoms with E-state index >= 15 is 0 Å². The molecule has 0 radical (unpaired) electrons. The van der Waals surface area contributed by atoms with Gasteiger partial charge in [-0.05, 0) is 36.6 Å².